The molecule has 1 aliphatic rings. The van der Waals surface area contributed by atoms with E-state index in [1.54, 1.807) is 20.8 Å². The third-order valence-electron chi connectivity index (χ3n) is 4.37. The zero-order valence-electron chi connectivity index (χ0n) is 17.5. The minimum Gasteiger partial charge on any atom is -0.491 e. The van der Waals surface area contributed by atoms with Crippen LogP contribution in [0.1, 0.15) is 33.6 Å². The Bertz CT molecular complexity index is 937. The summed E-state index contributed by atoms with van der Waals surface area (Å²) in [6.07, 6.45) is 0.945. The van der Waals surface area contributed by atoms with Crippen LogP contribution in [0.15, 0.2) is 29.2 Å². The first-order valence-corrected chi connectivity index (χ1v) is 12.7. The Kier molecular flexibility index (Phi) is 7.54. The van der Waals surface area contributed by atoms with Crippen molar-refractivity contribution >= 4 is 25.9 Å². The second-order valence-electron chi connectivity index (χ2n) is 7.96. The fourth-order valence-electron chi connectivity index (χ4n) is 2.94. The maximum Gasteiger partial charge on any atom is 0.328 e. The van der Waals surface area contributed by atoms with Crippen LogP contribution in [0.25, 0.3) is 0 Å². The van der Waals surface area contributed by atoms with Crippen LogP contribution in [0.4, 0.5) is 0 Å². The Morgan fingerprint density at radius 1 is 1.03 bits per heavy atom. The summed E-state index contributed by atoms with van der Waals surface area (Å²) in [5, 5.41) is 0. The first-order valence-electron chi connectivity index (χ1n) is 9.40. The lowest BCUT2D eigenvalue weighted by molar-refractivity contribution is -0.160. The molecule has 0 aromatic heterocycles. The van der Waals surface area contributed by atoms with E-state index >= 15 is 0 Å². The van der Waals surface area contributed by atoms with E-state index in [1.165, 1.54) is 24.3 Å². The van der Waals surface area contributed by atoms with Crippen molar-refractivity contribution in [2.45, 2.75) is 48.9 Å². The van der Waals surface area contributed by atoms with Gasteiger partial charge in [0.2, 0.25) is 0 Å². The minimum absolute atomic E-state index is 0.00529. The van der Waals surface area contributed by atoms with Crippen molar-refractivity contribution in [2.75, 3.05) is 32.7 Å². The van der Waals surface area contributed by atoms with Gasteiger partial charge in [0.15, 0.2) is 14.6 Å². The van der Waals surface area contributed by atoms with Crippen molar-refractivity contribution in [3.63, 3.8) is 0 Å². The van der Waals surface area contributed by atoms with Gasteiger partial charge in [0.1, 0.15) is 24.6 Å². The molecule has 30 heavy (non-hydrogen) atoms. The lowest BCUT2D eigenvalue weighted by Crippen LogP contribution is -2.53. The molecule has 0 saturated carbocycles. The zero-order valence-corrected chi connectivity index (χ0v) is 19.2. The highest BCUT2D eigenvalue weighted by Crippen LogP contribution is 2.37. The van der Waals surface area contributed by atoms with Crippen molar-refractivity contribution < 1.29 is 40.0 Å². The lowest BCUT2D eigenvalue weighted by Gasteiger charge is -2.36. The second kappa shape index (κ2) is 9.21. The maximum absolute atomic E-state index is 13.4. The number of sulfone groups is 1. The highest BCUT2D eigenvalue weighted by atomic mass is 32.2. The molecule has 0 amide bonds. The predicted octanol–water partition coefficient (Wildman–Crippen LogP) is 1.71. The number of carbonyl (C=O) groups is 1. The SMILES string of the molecule is CC(C)(C)OC(=O)C1(S(=O)(=O)c2ccc(OCCOS(C)(=O)=O)cc2)CCOCC1. The van der Waals surface area contributed by atoms with Crippen molar-refractivity contribution in [1.29, 1.82) is 0 Å². The second-order valence-corrected chi connectivity index (χ2v) is 11.9. The molecule has 0 unspecified atom stereocenters. The van der Waals surface area contributed by atoms with Gasteiger partial charge < -0.3 is 14.2 Å². The van der Waals surface area contributed by atoms with Crippen LogP contribution in [-0.2, 0) is 38.4 Å². The Hall–Kier alpha value is -1.69. The van der Waals surface area contributed by atoms with Gasteiger partial charge >= 0.3 is 5.97 Å². The summed E-state index contributed by atoms with van der Waals surface area (Å²) in [6.45, 7) is 5.14. The first-order chi connectivity index (χ1) is 13.8. The number of hydrogen-bond donors (Lipinski definition) is 0. The van der Waals surface area contributed by atoms with Crippen LogP contribution in [0.3, 0.4) is 0 Å². The molecule has 1 aromatic rings. The van der Waals surface area contributed by atoms with Gasteiger partial charge in [-0.05, 0) is 45.0 Å². The molecule has 1 saturated heterocycles. The number of esters is 1. The average Bonchev–Trinajstić information content (AvgIpc) is 2.64. The fourth-order valence-corrected chi connectivity index (χ4v) is 5.22. The van der Waals surface area contributed by atoms with Crippen molar-refractivity contribution in [1.82, 2.24) is 0 Å². The summed E-state index contributed by atoms with van der Waals surface area (Å²) in [5.41, 5.74) is -0.830. The molecule has 170 valence electrons. The van der Waals surface area contributed by atoms with Crippen LogP contribution in [0.2, 0.25) is 0 Å². The van der Waals surface area contributed by atoms with Gasteiger partial charge in [-0.1, -0.05) is 0 Å². The summed E-state index contributed by atoms with van der Waals surface area (Å²) in [4.78, 5) is 12.9. The van der Waals surface area contributed by atoms with Gasteiger partial charge in [-0.25, -0.2) is 8.42 Å². The molecule has 1 aromatic carbocycles. The molecule has 1 aliphatic heterocycles. The summed E-state index contributed by atoms with van der Waals surface area (Å²) in [6, 6.07) is 5.58. The Morgan fingerprint density at radius 3 is 2.10 bits per heavy atom. The molecule has 9 nitrogen and oxygen atoms in total. The van der Waals surface area contributed by atoms with E-state index in [0.29, 0.717) is 5.75 Å². The van der Waals surface area contributed by atoms with Gasteiger partial charge in [0, 0.05) is 26.1 Å². The number of hydrogen-bond acceptors (Lipinski definition) is 9. The molecule has 0 N–H and O–H groups in total. The van der Waals surface area contributed by atoms with Crippen molar-refractivity contribution in [3.8, 4) is 5.75 Å². The molecule has 1 fully saturated rings. The molecule has 0 radical (unpaired) electrons. The van der Waals surface area contributed by atoms with E-state index in [0.717, 1.165) is 6.26 Å². The van der Waals surface area contributed by atoms with Gasteiger partial charge in [0.05, 0.1) is 11.2 Å². The standard InChI is InChI=1S/C19H28O9S2/c1-18(2,3)28-17(20)19(9-11-25-12-10-19)30(23,24)16-7-5-15(6-8-16)26-13-14-27-29(4,21)22/h5-8H,9-14H2,1-4H3. The van der Waals surface area contributed by atoms with Crippen LogP contribution in [-0.4, -0.2) is 65.8 Å². The van der Waals surface area contributed by atoms with E-state index < -0.39 is 36.3 Å². The largest absolute Gasteiger partial charge is 0.491 e. The molecular weight excluding hydrogens is 436 g/mol. The maximum atomic E-state index is 13.4. The van der Waals surface area contributed by atoms with Gasteiger partial charge in [-0.2, -0.15) is 8.42 Å². The van der Waals surface area contributed by atoms with Gasteiger partial charge in [0.25, 0.3) is 10.1 Å². The fraction of sp³-hybridized carbons (Fsp3) is 0.632. The number of ether oxygens (including phenoxy) is 3. The normalized spacial score (nSPS) is 17.3. The molecule has 0 spiro atoms. The molecular formula is C19H28O9S2. The Morgan fingerprint density at radius 2 is 1.60 bits per heavy atom. The molecule has 0 aliphatic carbocycles. The summed E-state index contributed by atoms with van der Waals surface area (Å²) >= 11 is 0. The number of benzene rings is 1. The summed E-state index contributed by atoms with van der Waals surface area (Å²) < 4.78 is 67.7. The van der Waals surface area contributed by atoms with Crippen LogP contribution >= 0.6 is 0 Å². The Labute approximate surface area is 177 Å². The summed E-state index contributed by atoms with van der Waals surface area (Å²) in [7, 11) is -7.63. The van der Waals surface area contributed by atoms with Crippen LogP contribution in [0.5, 0.6) is 5.75 Å². The van der Waals surface area contributed by atoms with E-state index in [9.17, 15) is 21.6 Å². The Balaban J connectivity index is 2.21. The topological polar surface area (TPSA) is 122 Å². The van der Waals surface area contributed by atoms with Crippen LogP contribution in [0, 0.1) is 0 Å². The minimum atomic E-state index is -4.07. The summed E-state index contributed by atoms with van der Waals surface area (Å²) in [5.74, 6) is -0.444. The van der Waals surface area contributed by atoms with E-state index in [-0.39, 0.29) is 44.2 Å². The third-order valence-corrected chi connectivity index (χ3v) is 7.46. The molecule has 0 atom stereocenters. The smallest absolute Gasteiger partial charge is 0.328 e. The van der Waals surface area contributed by atoms with Gasteiger partial charge in [-0.15, -0.1) is 0 Å². The highest BCUT2D eigenvalue weighted by Gasteiger charge is 2.54. The quantitative estimate of drug-likeness (QED) is 0.321. The third kappa shape index (κ3) is 6.16. The van der Waals surface area contributed by atoms with E-state index in [1.807, 2.05) is 0 Å². The highest BCUT2D eigenvalue weighted by molar-refractivity contribution is 7.93. The van der Waals surface area contributed by atoms with E-state index in [4.69, 9.17) is 14.2 Å². The van der Waals surface area contributed by atoms with E-state index in [2.05, 4.69) is 4.18 Å². The van der Waals surface area contributed by atoms with Crippen LogP contribution < -0.4 is 4.74 Å². The van der Waals surface area contributed by atoms with Crippen molar-refractivity contribution in [2.24, 2.45) is 0 Å². The molecule has 11 heteroatoms. The van der Waals surface area contributed by atoms with Gasteiger partial charge in [-0.3, -0.25) is 8.98 Å². The molecule has 0 bridgehead atoms. The predicted molar refractivity (Wildman–Crippen MR) is 109 cm³/mol. The van der Waals surface area contributed by atoms with Crippen molar-refractivity contribution in [3.05, 3.63) is 24.3 Å². The average molecular weight is 465 g/mol. The monoisotopic (exact) mass is 464 g/mol. The first kappa shape index (κ1) is 24.6. The number of rotatable bonds is 8. The molecule has 2 rings (SSSR count). The zero-order chi connectivity index (χ0) is 22.6. The lowest BCUT2D eigenvalue weighted by atomic mass is 9.99. The number of carbonyl (C=O) groups excluding carboxylic acids is 1. The molecule has 1 heterocycles.